The Hall–Kier alpha value is -2.79. The lowest BCUT2D eigenvalue weighted by Gasteiger charge is -2.25. The number of amides is 1. The van der Waals surface area contributed by atoms with Crippen molar-refractivity contribution in [2.75, 3.05) is 26.7 Å². The second-order valence-corrected chi connectivity index (χ2v) is 8.04. The quantitative estimate of drug-likeness (QED) is 0.604. The van der Waals surface area contributed by atoms with Gasteiger partial charge < -0.3 is 19.9 Å². The van der Waals surface area contributed by atoms with Gasteiger partial charge in [-0.05, 0) is 61.9 Å². The van der Waals surface area contributed by atoms with E-state index >= 15 is 0 Å². The average molecular weight is 393 g/mol. The SMILES string of the molecule is COc1ccc([C@@H](CNC(=O)c2ccc3[nH]c(C)c(C)c3c2)[NH+]2CCCC2)cc1. The second kappa shape index (κ2) is 8.29. The van der Waals surface area contributed by atoms with Gasteiger partial charge in [-0.2, -0.15) is 0 Å². The van der Waals surface area contributed by atoms with E-state index in [4.69, 9.17) is 4.74 Å². The number of carbonyl (C=O) groups excluding carboxylic acids is 1. The highest BCUT2D eigenvalue weighted by Gasteiger charge is 2.28. The largest absolute Gasteiger partial charge is 0.497 e. The number of quaternary nitrogens is 1. The number of benzene rings is 2. The molecule has 29 heavy (non-hydrogen) atoms. The van der Waals surface area contributed by atoms with E-state index in [-0.39, 0.29) is 11.9 Å². The van der Waals surface area contributed by atoms with Crippen molar-refractivity contribution in [1.29, 1.82) is 0 Å². The van der Waals surface area contributed by atoms with Gasteiger partial charge >= 0.3 is 0 Å². The predicted octanol–water partition coefficient (Wildman–Crippen LogP) is 2.94. The van der Waals surface area contributed by atoms with E-state index in [0.717, 1.165) is 35.4 Å². The van der Waals surface area contributed by atoms with E-state index in [1.807, 2.05) is 30.3 Å². The molecule has 1 saturated heterocycles. The number of ether oxygens (including phenoxy) is 1. The summed E-state index contributed by atoms with van der Waals surface area (Å²) in [4.78, 5) is 17.8. The fourth-order valence-electron chi connectivity index (χ4n) is 4.41. The van der Waals surface area contributed by atoms with E-state index in [1.54, 1.807) is 12.0 Å². The maximum Gasteiger partial charge on any atom is 0.251 e. The molecule has 5 nitrogen and oxygen atoms in total. The van der Waals surface area contributed by atoms with Crippen LogP contribution in [0, 0.1) is 13.8 Å². The smallest absolute Gasteiger partial charge is 0.251 e. The number of H-pyrrole nitrogens is 1. The highest BCUT2D eigenvalue weighted by molar-refractivity contribution is 5.99. The van der Waals surface area contributed by atoms with Gasteiger partial charge in [0, 0.05) is 40.6 Å². The van der Waals surface area contributed by atoms with Crippen molar-refractivity contribution in [3.05, 3.63) is 64.8 Å². The van der Waals surface area contributed by atoms with Crippen molar-refractivity contribution in [2.45, 2.75) is 32.7 Å². The summed E-state index contributed by atoms with van der Waals surface area (Å²) in [7, 11) is 1.68. The van der Waals surface area contributed by atoms with E-state index in [2.05, 4.69) is 36.3 Å². The third kappa shape index (κ3) is 4.01. The number of hydrogen-bond acceptors (Lipinski definition) is 2. The zero-order chi connectivity index (χ0) is 20.4. The molecule has 1 aliphatic rings. The van der Waals surface area contributed by atoms with Crippen LogP contribution in [-0.4, -0.2) is 37.6 Å². The number of hydrogen-bond donors (Lipinski definition) is 3. The lowest BCUT2D eigenvalue weighted by atomic mass is 10.0. The molecule has 1 aliphatic heterocycles. The zero-order valence-corrected chi connectivity index (χ0v) is 17.5. The lowest BCUT2D eigenvalue weighted by molar-refractivity contribution is -0.918. The number of nitrogens with one attached hydrogen (secondary N) is 3. The number of aromatic nitrogens is 1. The Morgan fingerprint density at radius 3 is 2.55 bits per heavy atom. The Morgan fingerprint density at radius 2 is 1.86 bits per heavy atom. The van der Waals surface area contributed by atoms with E-state index < -0.39 is 0 Å². The molecule has 4 rings (SSSR count). The summed E-state index contributed by atoms with van der Waals surface area (Å²) in [6.45, 7) is 7.09. The normalized spacial score (nSPS) is 15.6. The molecule has 0 radical (unpaired) electrons. The summed E-state index contributed by atoms with van der Waals surface area (Å²) >= 11 is 0. The third-order valence-corrected chi connectivity index (χ3v) is 6.29. The number of rotatable bonds is 6. The first kappa shape index (κ1) is 19.5. The van der Waals surface area contributed by atoms with Gasteiger partial charge in [0.1, 0.15) is 11.8 Å². The highest BCUT2D eigenvalue weighted by atomic mass is 16.5. The second-order valence-electron chi connectivity index (χ2n) is 8.04. The van der Waals surface area contributed by atoms with Crippen LogP contribution >= 0.6 is 0 Å². The maximum atomic E-state index is 12.9. The number of likely N-dealkylation sites (tertiary alicyclic amines) is 1. The monoisotopic (exact) mass is 392 g/mol. The molecule has 0 bridgehead atoms. The molecule has 0 unspecified atom stereocenters. The Balaban J connectivity index is 1.51. The van der Waals surface area contributed by atoms with Gasteiger partial charge in [-0.15, -0.1) is 0 Å². The summed E-state index contributed by atoms with van der Waals surface area (Å²) in [5.74, 6) is 0.848. The Kier molecular flexibility index (Phi) is 5.58. The van der Waals surface area contributed by atoms with Gasteiger partial charge in [0.25, 0.3) is 5.91 Å². The molecule has 152 valence electrons. The number of aryl methyl sites for hydroxylation is 2. The molecule has 5 heteroatoms. The average Bonchev–Trinajstić information content (AvgIpc) is 3.37. The first-order valence-electron chi connectivity index (χ1n) is 10.4. The minimum Gasteiger partial charge on any atom is -0.497 e. The first-order valence-corrected chi connectivity index (χ1v) is 10.4. The van der Waals surface area contributed by atoms with Crippen LogP contribution in [-0.2, 0) is 0 Å². The molecule has 3 aromatic rings. The van der Waals surface area contributed by atoms with Crippen molar-refractivity contribution in [3.63, 3.8) is 0 Å². The molecule has 0 spiro atoms. The standard InChI is InChI=1S/C24H29N3O2/c1-16-17(2)26-22-11-8-19(14-21(16)22)24(28)25-15-23(27-12-4-5-13-27)18-6-9-20(29-3)10-7-18/h6-11,14,23,26H,4-5,12-13,15H2,1-3H3,(H,25,28)/p+1/t23-/m1/s1. The Bertz CT molecular complexity index is 1000. The molecular formula is C24H30N3O2+. The van der Waals surface area contributed by atoms with Crippen molar-refractivity contribution in [3.8, 4) is 5.75 Å². The summed E-state index contributed by atoms with van der Waals surface area (Å²) < 4.78 is 5.30. The zero-order valence-electron chi connectivity index (χ0n) is 17.5. The van der Waals surface area contributed by atoms with Crippen molar-refractivity contribution < 1.29 is 14.4 Å². The fraction of sp³-hybridized carbons (Fsp3) is 0.375. The van der Waals surface area contributed by atoms with E-state index in [1.165, 1.54) is 24.0 Å². The lowest BCUT2D eigenvalue weighted by Crippen LogP contribution is -3.11. The Morgan fingerprint density at radius 1 is 1.14 bits per heavy atom. The molecule has 0 saturated carbocycles. The topological polar surface area (TPSA) is 58.6 Å². The molecule has 2 heterocycles. The van der Waals surface area contributed by atoms with Crippen LogP contribution in [0.15, 0.2) is 42.5 Å². The minimum atomic E-state index is -0.0118. The van der Waals surface area contributed by atoms with Crippen LogP contribution in [0.1, 0.15) is 46.1 Å². The minimum absolute atomic E-state index is 0.0118. The highest BCUT2D eigenvalue weighted by Crippen LogP contribution is 2.22. The third-order valence-electron chi connectivity index (χ3n) is 6.29. The van der Waals surface area contributed by atoms with Crippen LogP contribution < -0.4 is 15.0 Å². The van der Waals surface area contributed by atoms with Gasteiger partial charge in [0.15, 0.2) is 0 Å². The molecule has 1 fully saturated rings. The molecule has 1 aromatic heterocycles. The maximum absolute atomic E-state index is 12.9. The van der Waals surface area contributed by atoms with Gasteiger partial charge in [-0.3, -0.25) is 4.79 Å². The van der Waals surface area contributed by atoms with Crippen LogP contribution in [0.5, 0.6) is 5.75 Å². The van der Waals surface area contributed by atoms with Crippen LogP contribution in [0.4, 0.5) is 0 Å². The molecule has 1 atom stereocenters. The molecular weight excluding hydrogens is 362 g/mol. The Labute approximate surface area is 172 Å². The summed E-state index contributed by atoms with van der Waals surface area (Å²) in [6, 6.07) is 14.4. The van der Waals surface area contributed by atoms with E-state index in [9.17, 15) is 4.79 Å². The molecule has 1 amide bonds. The number of fused-ring (bicyclic) bond motifs is 1. The van der Waals surface area contributed by atoms with Crippen LogP contribution in [0.25, 0.3) is 10.9 Å². The number of carbonyl (C=O) groups is 1. The fourth-order valence-corrected chi connectivity index (χ4v) is 4.41. The predicted molar refractivity (Wildman–Crippen MR) is 116 cm³/mol. The number of aromatic amines is 1. The first-order chi connectivity index (χ1) is 14.1. The summed E-state index contributed by atoms with van der Waals surface area (Å²) in [5.41, 5.74) is 5.39. The summed E-state index contributed by atoms with van der Waals surface area (Å²) in [5, 5.41) is 4.31. The molecule has 3 N–H and O–H groups in total. The van der Waals surface area contributed by atoms with Gasteiger partial charge in [-0.1, -0.05) is 0 Å². The van der Waals surface area contributed by atoms with Gasteiger partial charge in [0.05, 0.1) is 26.7 Å². The van der Waals surface area contributed by atoms with E-state index in [0.29, 0.717) is 12.1 Å². The summed E-state index contributed by atoms with van der Waals surface area (Å²) in [6.07, 6.45) is 2.50. The molecule has 2 aromatic carbocycles. The number of methoxy groups -OCH3 is 1. The van der Waals surface area contributed by atoms with Crippen molar-refractivity contribution in [1.82, 2.24) is 10.3 Å². The van der Waals surface area contributed by atoms with Crippen LogP contribution in [0.2, 0.25) is 0 Å². The molecule has 0 aliphatic carbocycles. The van der Waals surface area contributed by atoms with Gasteiger partial charge in [-0.25, -0.2) is 0 Å². The van der Waals surface area contributed by atoms with Crippen molar-refractivity contribution in [2.24, 2.45) is 0 Å². The van der Waals surface area contributed by atoms with Crippen molar-refractivity contribution >= 4 is 16.8 Å². The van der Waals surface area contributed by atoms with Crippen LogP contribution in [0.3, 0.4) is 0 Å². The van der Waals surface area contributed by atoms with Gasteiger partial charge in [0.2, 0.25) is 0 Å².